The first kappa shape index (κ1) is 19.4. The first-order valence-electron chi connectivity index (χ1n) is 8.06. The van der Waals surface area contributed by atoms with E-state index in [-0.39, 0.29) is 24.0 Å². The van der Waals surface area contributed by atoms with E-state index in [1.807, 2.05) is 6.92 Å². The molecule has 0 fully saturated rings. The second kappa shape index (κ2) is 8.94. The molecule has 0 radical (unpaired) electrons. The van der Waals surface area contributed by atoms with E-state index in [0.29, 0.717) is 17.8 Å². The summed E-state index contributed by atoms with van der Waals surface area (Å²) in [6.07, 6.45) is 0.698. The maximum Gasteiger partial charge on any atom is 0.387 e. The lowest BCUT2D eigenvalue weighted by Gasteiger charge is -2.13. The number of benzene rings is 2. The van der Waals surface area contributed by atoms with Crippen LogP contribution in [0.5, 0.6) is 5.75 Å². The van der Waals surface area contributed by atoms with Crippen LogP contribution in [0.4, 0.5) is 20.2 Å². The van der Waals surface area contributed by atoms with Crippen LogP contribution in [0.2, 0.25) is 0 Å². The van der Waals surface area contributed by atoms with Gasteiger partial charge in [-0.05, 0) is 48.7 Å². The largest absolute Gasteiger partial charge is 0.435 e. The maximum absolute atomic E-state index is 12.2. The molecule has 0 unspecified atom stereocenters. The number of rotatable bonds is 7. The SMILES string of the molecule is CC(=O)Nc1cccc(NC(=O)CCc2ccc(OC(F)F)cc2)c1C. The van der Waals surface area contributed by atoms with Crippen LogP contribution in [0, 0.1) is 6.92 Å². The third-order valence-corrected chi connectivity index (χ3v) is 3.71. The molecule has 2 aromatic rings. The Morgan fingerprint density at radius 3 is 2.23 bits per heavy atom. The van der Waals surface area contributed by atoms with Gasteiger partial charge in [0.2, 0.25) is 11.8 Å². The summed E-state index contributed by atoms with van der Waals surface area (Å²) in [4.78, 5) is 23.4. The van der Waals surface area contributed by atoms with Crippen LogP contribution < -0.4 is 15.4 Å². The van der Waals surface area contributed by atoms with Crippen molar-refractivity contribution in [2.75, 3.05) is 10.6 Å². The van der Waals surface area contributed by atoms with Crippen LogP contribution in [0.15, 0.2) is 42.5 Å². The van der Waals surface area contributed by atoms with Crippen molar-refractivity contribution in [3.8, 4) is 5.75 Å². The van der Waals surface area contributed by atoms with Gasteiger partial charge in [0, 0.05) is 24.7 Å². The Morgan fingerprint density at radius 2 is 1.65 bits per heavy atom. The molecule has 26 heavy (non-hydrogen) atoms. The van der Waals surface area contributed by atoms with E-state index in [1.165, 1.54) is 19.1 Å². The van der Waals surface area contributed by atoms with Gasteiger partial charge in [-0.2, -0.15) is 8.78 Å². The number of alkyl halides is 2. The number of halogens is 2. The monoisotopic (exact) mass is 362 g/mol. The second-order valence-corrected chi connectivity index (χ2v) is 5.73. The average molecular weight is 362 g/mol. The number of hydrogen-bond acceptors (Lipinski definition) is 3. The highest BCUT2D eigenvalue weighted by Crippen LogP contribution is 2.23. The summed E-state index contributed by atoms with van der Waals surface area (Å²) in [5.41, 5.74) is 2.88. The molecule has 0 aliphatic heterocycles. The summed E-state index contributed by atoms with van der Waals surface area (Å²) in [5, 5.41) is 5.53. The topological polar surface area (TPSA) is 67.4 Å². The molecular formula is C19H20F2N2O3. The Labute approximate surface area is 150 Å². The Balaban J connectivity index is 1.92. The number of carbonyl (C=O) groups excluding carboxylic acids is 2. The quantitative estimate of drug-likeness (QED) is 0.778. The van der Waals surface area contributed by atoms with Crippen LogP contribution in [0.3, 0.4) is 0 Å². The van der Waals surface area contributed by atoms with Gasteiger partial charge in [0.1, 0.15) is 5.75 Å². The van der Waals surface area contributed by atoms with Crippen molar-refractivity contribution in [3.63, 3.8) is 0 Å². The van der Waals surface area contributed by atoms with E-state index in [9.17, 15) is 18.4 Å². The normalized spacial score (nSPS) is 10.5. The number of hydrogen-bond donors (Lipinski definition) is 2. The van der Waals surface area contributed by atoms with Crippen LogP contribution in [-0.2, 0) is 16.0 Å². The van der Waals surface area contributed by atoms with Gasteiger partial charge in [0.15, 0.2) is 0 Å². The molecule has 2 rings (SSSR count). The zero-order valence-corrected chi connectivity index (χ0v) is 14.5. The van der Waals surface area contributed by atoms with Crippen LogP contribution >= 0.6 is 0 Å². The lowest BCUT2D eigenvalue weighted by Crippen LogP contribution is -2.14. The van der Waals surface area contributed by atoms with Crippen LogP contribution in [0.1, 0.15) is 24.5 Å². The Bertz CT molecular complexity index is 777. The highest BCUT2D eigenvalue weighted by molar-refractivity contribution is 5.95. The molecule has 2 amide bonds. The van der Waals surface area contributed by atoms with Gasteiger partial charge in [0.25, 0.3) is 0 Å². The van der Waals surface area contributed by atoms with Crippen molar-refractivity contribution in [3.05, 3.63) is 53.6 Å². The predicted molar refractivity (Wildman–Crippen MR) is 95.5 cm³/mol. The molecule has 0 saturated heterocycles. The van der Waals surface area contributed by atoms with Gasteiger partial charge in [-0.1, -0.05) is 18.2 Å². The molecule has 7 heteroatoms. The summed E-state index contributed by atoms with van der Waals surface area (Å²) in [6.45, 7) is 0.369. The molecule has 5 nitrogen and oxygen atoms in total. The first-order valence-corrected chi connectivity index (χ1v) is 8.06. The van der Waals surface area contributed by atoms with Crippen molar-refractivity contribution in [2.24, 2.45) is 0 Å². The molecule has 0 bridgehead atoms. The molecule has 0 saturated carbocycles. The number of amides is 2. The zero-order valence-electron chi connectivity index (χ0n) is 14.5. The zero-order chi connectivity index (χ0) is 19.1. The van der Waals surface area contributed by atoms with Crippen molar-refractivity contribution in [2.45, 2.75) is 33.3 Å². The smallest absolute Gasteiger partial charge is 0.387 e. The second-order valence-electron chi connectivity index (χ2n) is 5.73. The highest BCUT2D eigenvalue weighted by Gasteiger charge is 2.09. The summed E-state index contributed by atoms with van der Waals surface area (Å²) in [7, 11) is 0. The van der Waals surface area contributed by atoms with Gasteiger partial charge in [-0.15, -0.1) is 0 Å². The third kappa shape index (κ3) is 5.84. The standard InChI is InChI=1S/C19H20F2N2O3/c1-12-16(22-13(2)24)4-3-5-17(12)23-18(25)11-8-14-6-9-15(10-7-14)26-19(20)21/h3-7,9-10,19H,8,11H2,1-2H3,(H,22,24)(H,23,25). The summed E-state index contributed by atoms with van der Waals surface area (Å²) >= 11 is 0. The minimum Gasteiger partial charge on any atom is -0.435 e. The number of nitrogens with one attached hydrogen (secondary N) is 2. The molecule has 0 aliphatic carbocycles. The molecule has 0 aliphatic rings. The summed E-state index contributed by atoms with van der Waals surface area (Å²) in [6, 6.07) is 11.4. The van der Waals surface area contributed by atoms with E-state index < -0.39 is 6.61 Å². The average Bonchev–Trinajstić information content (AvgIpc) is 2.57. The van der Waals surface area contributed by atoms with Crippen molar-refractivity contribution in [1.82, 2.24) is 0 Å². The third-order valence-electron chi connectivity index (χ3n) is 3.71. The van der Waals surface area contributed by atoms with Gasteiger partial charge < -0.3 is 15.4 Å². The predicted octanol–water partition coefficient (Wildman–Crippen LogP) is 4.13. The van der Waals surface area contributed by atoms with Gasteiger partial charge in [-0.25, -0.2) is 0 Å². The van der Waals surface area contributed by atoms with E-state index >= 15 is 0 Å². The molecule has 0 spiro atoms. The fourth-order valence-corrected chi connectivity index (χ4v) is 2.40. The summed E-state index contributed by atoms with van der Waals surface area (Å²) < 4.78 is 28.5. The van der Waals surface area contributed by atoms with Crippen molar-refractivity contribution in [1.29, 1.82) is 0 Å². The highest BCUT2D eigenvalue weighted by atomic mass is 19.3. The maximum atomic E-state index is 12.2. The molecule has 2 aromatic carbocycles. The molecule has 0 heterocycles. The lowest BCUT2D eigenvalue weighted by molar-refractivity contribution is -0.116. The molecular weight excluding hydrogens is 342 g/mol. The number of aryl methyl sites for hydroxylation is 1. The van der Waals surface area contributed by atoms with E-state index in [2.05, 4.69) is 15.4 Å². The van der Waals surface area contributed by atoms with Gasteiger partial charge >= 0.3 is 6.61 Å². The Hall–Kier alpha value is -2.96. The molecule has 2 N–H and O–H groups in total. The minimum absolute atomic E-state index is 0.0820. The molecule has 0 atom stereocenters. The first-order chi connectivity index (χ1) is 12.3. The van der Waals surface area contributed by atoms with Crippen LogP contribution in [-0.4, -0.2) is 18.4 Å². The molecule has 0 aromatic heterocycles. The van der Waals surface area contributed by atoms with E-state index in [1.54, 1.807) is 30.3 Å². The number of carbonyl (C=O) groups is 2. The number of ether oxygens (including phenoxy) is 1. The van der Waals surface area contributed by atoms with Crippen molar-refractivity contribution < 1.29 is 23.1 Å². The lowest BCUT2D eigenvalue weighted by atomic mass is 10.1. The van der Waals surface area contributed by atoms with E-state index in [0.717, 1.165) is 11.1 Å². The fraction of sp³-hybridized carbons (Fsp3) is 0.263. The van der Waals surface area contributed by atoms with Crippen molar-refractivity contribution >= 4 is 23.2 Å². The fourth-order valence-electron chi connectivity index (χ4n) is 2.40. The minimum atomic E-state index is -2.86. The Morgan fingerprint density at radius 1 is 1.04 bits per heavy atom. The van der Waals surface area contributed by atoms with Gasteiger partial charge in [-0.3, -0.25) is 9.59 Å². The number of anilines is 2. The van der Waals surface area contributed by atoms with Gasteiger partial charge in [0.05, 0.1) is 0 Å². The summed E-state index contributed by atoms with van der Waals surface area (Å²) in [5.74, 6) is -0.282. The Kier molecular flexibility index (Phi) is 6.66. The molecule has 138 valence electrons. The van der Waals surface area contributed by atoms with E-state index in [4.69, 9.17) is 0 Å². The van der Waals surface area contributed by atoms with Crippen LogP contribution in [0.25, 0.3) is 0 Å².